The summed E-state index contributed by atoms with van der Waals surface area (Å²) in [5.41, 5.74) is 0.239. The van der Waals surface area contributed by atoms with E-state index in [9.17, 15) is 8.78 Å². The van der Waals surface area contributed by atoms with E-state index < -0.39 is 6.43 Å². The smallest absolute Gasteiger partial charge is 0.282 e. The third-order valence-corrected chi connectivity index (χ3v) is 3.06. The largest absolute Gasteiger partial charge is 0.358 e. The molecule has 0 aromatic carbocycles. The number of nitrogens with zero attached hydrogens (tertiary/aromatic N) is 4. The van der Waals surface area contributed by atoms with E-state index in [1.165, 1.54) is 6.33 Å². The minimum absolute atomic E-state index is 0.154. The van der Waals surface area contributed by atoms with Crippen molar-refractivity contribution >= 4 is 11.2 Å². The van der Waals surface area contributed by atoms with Gasteiger partial charge in [0.2, 0.25) is 0 Å². The fourth-order valence-electron chi connectivity index (χ4n) is 2.18. The number of fused-ring (bicyclic) bond motifs is 1. The van der Waals surface area contributed by atoms with Gasteiger partial charge in [-0.05, 0) is 19.3 Å². The molecule has 1 fully saturated rings. The van der Waals surface area contributed by atoms with Gasteiger partial charge in [0, 0.05) is 6.61 Å². The van der Waals surface area contributed by atoms with Gasteiger partial charge in [0.05, 0.1) is 6.33 Å². The van der Waals surface area contributed by atoms with Gasteiger partial charge in [0.15, 0.2) is 5.65 Å². The topological polar surface area (TPSA) is 52.8 Å². The SMILES string of the molecule is FC(F)c1ncnc2c1ncn2C1CCCCO1. The highest BCUT2D eigenvalue weighted by Crippen LogP contribution is 2.28. The lowest BCUT2D eigenvalue weighted by atomic mass is 10.2. The van der Waals surface area contributed by atoms with Crippen LogP contribution in [0, 0.1) is 0 Å². The Morgan fingerprint density at radius 1 is 1.28 bits per heavy atom. The van der Waals surface area contributed by atoms with Crippen LogP contribution in [-0.2, 0) is 4.74 Å². The summed E-state index contributed by atoms with van der Waals surface area (Å²) in [6, 6.07) is 0. The molecule has 5 nitrogen and oxygen atoms in total. The summed E-state index contributed by atoms with van der Waals surface area (Å²) in [7, 11) is 0. The van der Waals surface area contributed by atoms with E-state index in [1.54, 1.807) is 4.57 Å². The summed E-state index contributed by atoms with van der Waals surface area (Å²) in [6.07, 6.45) is 2.76. The summed E-state index contributed by atoms with van der Waals surface area (Å²) >= 11 is 0. The van der Waals surface area contributed by atoms with Crippen molar-refractivity contribution in [3.05, 3.63) is 18.3 Å². The number of hydrogen-bond donors (Lipinski definition) is 0. The van der Waals surface area contributed by atoms with E-state index in [0.717, 1.165) is 25.6 Å². The maximum absolute atomic E-state index is 12.8. The normalized spacial score (nSPS) is 20.7. The predicted molar refractivity (Wildman–Crippen MR) is 59.1 cm³/mol. The molecule has 1 saturated heterocycles. The lowest BCUT2D eigenvalue weighted by Gasteiger charge is -2.23. The summed E-state index contributed by atoms with van der Waals surface area (Å²) in [4.78, 5) is 11.6. The van der Waals surface area contributed by atoms with Crippen LogP contribution in [0.3, 0.4) is 0 Å². The standard InChI is InChI=1S/C11H12F2N4O/c12-10(13)8-9-11(15-5-14-8)17(6-16-9)7-3-1-2-4-18-7/h5-7,10H,1-4H2. The summed E-state index contributed by atoms with van der Waals surface area (Å²) in [6.45, 7) is 0.678. The number of imidazole rings is 1. The average molecular weight is 254 g/mol. The van der Waals surface area contributed by atoms with Crippen LogP contribution in [0.15, 0.2) is 12.7 Å². The van der Waals surface area contributed by atoms with E-state index in [2.05, 4.69) is 15.0 Å². The minimum Gasteiger partial charge on any atom is -0.358 e. The Bertz CT molecular complexity index is 551. The van der Waals surface area contributed by atoms with E-state index >= 15 is 0 Å². The highest BCUT2D eigenvalue weighted by atomic mass is 19.3. The molecule has 1 aliphatic heterocycles. The quantitative estimate of drug-likeness (QED) is 0.826. The number of aromatic nitrogens is 4. The van der Waals surface area contributed by atoms with Crippen LogP contribution in [0.2, 0.25) is 0 Å². The van der Waals surface area contributed by atoms with E-state index in [4.69, 9.17) is 4.74 Å². The molecule has 0 spiro atoms. The van der Waals surface area contributed by atoms with E-state index in [0.29, 0.717) is 12.3 Å². The molecule has 0 saturated carbocycles. The zero-order chi connectivity index (χ0) is 12.5. The number of alkyl halides is 2. The monoisotopic (exact) mass is 254 g/mol. The van der Waals surface area contributed by atoms with Crippen molar-refractivity contribution in [2.75, 3.05) is 6.61 Å². The third-order valence-electron chi connectivity index (χ3n) is 3.06. The molecule has 3 rings (SSSR count). The fraction of sp³-hybridized carbons (Fsp3) is 0.545. The summed E-state index contributed by atoms with van der Waals surface area (Å²) < 4.78 is 32.9. The average Bonchev–Trinajstić information content (AvgIpc) is 2.83. The van der Waals surface area contributed by atoms with Crippen molar-refractivity contribution in [3.63, 3.8) is 0 Å². The van der Waals surface area contributed by atoms with Gasteiger partial charge in [-0.1, -0.05) is 0 Å². The Balaban J connectivity index is 2.06. The van der Waals surface area contributed by atoms with Crippen LogP contribution >= 0.6 is 0 Å². The van der Waals surface area contributed by atoms with Gasteiger partial charge in [0.1, 0.15) is 23.8 Å². The molecule has 2 aromatic rings. The highest BCUT2D eigenvalue weighted by Gasteiger charge is 2.22. The second-order valence-corrected chi connectivity index (χ2v) is 4.20. The Labute approximate surface area is 102 Å². The zero-order valence-electron chi connectivity index (χ0n) is 9.59. The van der Waals surface area contributed by atoms with Gasteiger partial charge < -0.3 is 4.74 Å². The van der Waals surface area contributed by atoms with Gasteiger partial charge in [-0.2, -0.15) is 0 Å². The lowest BCUT2D eigenvalue weighted by molar-refractivity contribution is -0.0298. The first-order valence-electron chi connectivity index (χ1n) is 5.84. The van der Waals surface area contributed by atoms with Gasteiger partial charge in [-0.15, -0.1) is 0 Å². The number of ether oxygens (including phenoxy) is 1. The molecule has 18 heavy (non-hydrogen) atoms. The first-order valence-corrected chi connectivity index (χ1v) is 5.84. The number of halogens is 2. The van der Waals surface area contributed by atoms with Crippen LogP contribution in [0.1, 0.15) is 37.6 Å². The minimum atomic E-state index is -2.65. The van der Waals surface area contributed by atoms with Crippen molar-refractivity contribution in [1.82, 2.24) is 19.5 Å². The molecule has 0 bridgehead atoms. The van der Waals surface area contributed by atoms with Crippen molar-refractivity contribution in [2.45, 2.75) is 31.9 Å². The molecule has 3 heterocycles. The number of hydrogen-bond acceptors (Lipinski definition) is 4. The molecule has 0 N–H and O–H groups in total. The second-order valence-electron chi connectivity index (χ2n) is 4.20. The van der Waals surface area contributed by atoms with Gasteiger partial charge >= 0.3 is 0 Å². The molecule has 7 heteroatoms. The first kappa shape index (κ1) is 11.5. The van der Waals surface area contributed by atoms with Gasteiger partial charge in [0.25, 0.3) is 6.43 Å². The first-order chi connectivity index (χ1) is 8.77. The molecular weight excluding hydrogens is 242 g/mol. The van der Waals surface area contributed by atoms with Crippen molar-refractivity contribution in [2.24, 2.45) is 0 Å². The van der Waals surface area contributed by atoms with Crippen molar-refractivity contribution in [1.29, 1.82) is 0 Å². The van der Waals surface area contributed by atoms with Gasteiger partial charge in [-0.3, -0.25) is 4.57 Å². The van der Waals surface area contributed by atoms with Crippen LogP contribution in [0.25, 0.3) is 11.2 Å². The van der Waals surface area contributed by atoms with Crippen LogP contribution < -0.4 is 0 Å². The molecule has 0 amide bonds. The van der Waals surface area contributed by atoms with Crippen molar-refractivity contribution in [3.8, 4) is 0 Å². The summed E-state index contributed by atoms with van der Waals surface area (Å²) in [5.74, 6) is 0. The second kappa shape index (κ2) is 4.56. The highest BCUT2D eigenvalue weighted by molar-refractivity contribution is 5.73. The molecule has 1 aliphatic rings. The zero-order valence-corrected chi connectivity index (χ0v) is 9.59. The summed E-state index contributed by atoms with van der Waals surface area (Å²) in [5, 5.41) is 0. The van der Waals surface area contributed by atoms with Crippen molar-refractivity contribution < 1.29 is 13.5 Å². The Kier molecular flexibility index (Phi) is 2.91. The van der Waals surface area contributed by atoms with Crippen LogP contribution in [0.5, 0.6) is 0 Å². The molecule has 2 aromatic heterocycles. The Morgan fingerprint density at radius 2 is 2.17 bits per heavy atom. The lowest BCUT2D eigenvalue weighted by Crippen LogP contribution is -2.17. The van der Waals surface area contributed by atoms with Crippen LogP contribution in [0.4, 0.5) is 8.78 Å². The number of rotatable bonds is 2. The molecule has 1 atom stereocenters. The Hall–Kier alpha value is -1.63. The molecule has 0 aliphatic carbocycles. The maximum Gasteiger partial charge on any atom is 0.282 e. The predicted octanol–water partition coefficient (Wildman–Crippen LogP) is 2.46. The van der Waals surface area contributed by atoms with E-state index in [1.807, 2.05) is 0 Å². The molecule has 0 radical (unpaired) electrons. The van der Waals surface area contributed by atoms with E-state index in [-0.39, 0.29) is 17.4 Å². The molecular formula is C11H12F2N4O. The maximum atomic E-state index is 12.8. The third kappa shape index (κ3) is 1.84. The molecule has 96 valence electrons. The molecule has 1 unspecified atom stereocenters. The van der Waals surface area contributed by atoms with Crippen LogP contribution in [-0.4, -0.2) is 26.1 Å². The Morgan fingerprint density at radius 3 is 2.89 bits per heavy atom. The fourth-order valence-corrected chi connectivity index (χ4v) is 2.18. The van der Waals surface area contributed by atoms with Gasteiger partial charge in [-0.25, -0.2) is 23.7 Å².